The number of benzene rings is 1. The average Bonchev–Trinajstić information content (AvgIpc) is 2.44. The van der Waals surface area contributed by atoms with Crippen molar-refractivity contribution in [2.24, 2.45) is 5.73 Å². The number of thiocarbonyl (C=S) groups is 1. The van der Waals surface area contributed by atoms with Crippen molar-refractivity contribution < 1.29 is 9.59 Å². The van der Waals surface area contributed by atoms with Gasteiger partial charge < -0.3 is 16.0 Å². The van der Waals surface area contributed by atoms with Gasteiger partial charge in [0.1, 0.15) is 4.99 Å². The van der Waals surface area contributed by atoms with Crippen LogP contribution in [-0.2, 0) is 4.79 Å². The maximum atomic E-state index is 12.2. The Kier molecular flexibility index (Phi) is 6.11. The first-order valence-corrected chi connectivity index (χ1v) is 6.78. The number of rotatable bonds is 6. The summed E-state index contributed by atoms with van der Waals surface area (Å²) in [6, 6.07) is 6.76. The first-order valence-electron chi connectivity index (χ1n) is 6.37. The summed E-state index contributed by atoms with van der Waals surface area (Å²) in [5.41, 5.74) is 6.63. The number of hydrogen-bond acceptors (Lipinski definition) is 3. The van der Waals surface area contributed by atoms with E-state index < -0.39 is 0 Å². The highest BCUT2D eigenvalue weighted by atomic mass is 32.1. The van der Waals surface area contributed by atoms with Crippen molar-refractivity contribution in [3.05, 3.63) is 35.4 Å². The van der Waals surface area contributed by atoms with Gasteiger partial charge in [-0.15, -0.1) is 0 Å². The summed E-state index contributed by atoms with van der Waals surface area (Å²) < 4.78 is 0. The van der Waals surface area contributed by atoms with Crippen molar-refractivity contribution in [1.29, 1.82) is 0 Å². The summed E-state index contributed by atoms with van der Waals surface area (Å²) in [6.07, 6.45) is 0.861. The Bertz CT molecular complexity index is 517. The minimum Gasteiger partial charge on any atom is -0.389 e. The molecule has 0 spiro atoms. The number of amides is 2. The molecule has 1 rings (SSSR count). The van der Waals surface area contributed by atoms with Crippen molar-refractivity contribution in [2.75, 3.05) is 20.1 Å². The predicted molar refractivity (Wildman–Crippen MR) is 82.6 cm³/mol. The van der Waals surface area contributed by atoms with Gasteiger partial charge in [0.25, 0.3) is 5.91 Å². The van der Waals surface area contributed by atoms with Gasteiger partial charge in [-0.1, -0.05) is 31.3 Å². The normalized spacial score (nSPS) is 9.90. The Balaban J connectivity index is 2.71. The summed E-state index contributed by atoms with van der Waals surface area (Å²) in [5.74, 6) is -0.414. The molecule has 3 N–H and O–H groups in total. The van der Waals surface area contributed by atoms with Crippen LogP contribution >= 0.6 is 12.2 Å². The zero-order chi connectivity index (χ0) is 15.1. The lowest BCUT2D eigenvalue weighted by atomic mass is 10.1. The Morgan fingerprint density at radius 3 is 2.60 bits per heavy atom. The second-order valence-electron chi connectivity index (χ2n) is 4.46. The van der Waals surface area contributed by atoms with Crippen molar-refractivity contribution in [1.82, 2.24) is 10.2 Å². The summed E-state index contributed by atoms with van der Waals surface area (Å²) in [4.78, 5) is 25.4. The van der Waals surface area contributed by atoms with Gasteiger partial charge >= 0.3 is 0 Å². The molecule has 0 heterocycles. The third-order valence-corrected chi connectivity index (χ3v) is 2.93. The number of nitrogens with one attached hydrogen (secondary N) is 1. The van der Waals surface area contributed by atoms with Gasteiger partial charge in [0, 0.05) is 24.7 Å². The molecule has 0 aromatic heterocycles. The number of likely N-dealkylation sites (N-methyl/N-ethyl adjacent to an activating group) is 1. The van der Waals surface area contributed by atoms with Gasteiger partial charge in [0.15, 0.2) is 0 Å². The number of nitrogens with two attached hydrogens (primary N) is 1. The highest BCUT2D eigenvalue weighted by Crippen LogP contribution is 2.08. The predicted octanol–water partition coefficient (Wildman–Crippen LogP) is 0.919. The zero-order valence-corrected chi connectivity index (χ0v) is 12.5. The van der Waals surface area contributed by atoms with Crippen LogP contribution in [0.25, 0.3) is 0 Å². The third kappa shape index (κ3) is 4.62. The van der Waals surface area contributed by atoms with Gasteiger partial charge in [-0.2, -0.15) is 0 Å². The van der Waals surface area contributed by atoms with Crippen LogP contribution in [0.2, 0.25) is 0 Å². The molecular formula is C14H19N3O2S. The average molecular weight is 293 g/mol. The van der Waals surface area contributed by atoms with E-state index in [1.54, 1.807) is 31.3 Å². The molecule has 1 aromatic rings. The Morgan fingerprint density at radius 1 is 1.35 bits per heavy atom. The van der Waals surface area contributed by atoms with E-state index in [0.29, 0.717) is 17.7 Å². The molecule has 1 aromatic carbocycles. The van der Waals surface area contributed by atoms with Crippen LogP contribution in [0, 0.1) is 0 Å². The first-order chi connectivity index (χ1) is 9.45. The van der Waals surface area contributed by atoms with Gasteiger partial charge in [0.05, 0.1) is 6.54 Å². The summed E-state index contributed by atoms with van der Waals surface area (Å²) in [7, 11) is 1.58. The van der Waals surface area contributed by atoms with Gasteiger partial charge in [-0.3, -0.25) is 9.59 Å². The van der Waals surface area contributed by atoms with Crippen LogP contribution in [0.3, 0.4) is 0 Å². The van der Waals surface area contributed by atoms with Crippen LogP contribution in [0.15, 0.2) is 24.3 Å². The van der Waals surface area contributed by atoms with E-state index in [-0.39, 0.29) is 23.3 Å². The first kappa shape index (κ1) is 16.1. The quantitative estimate of drug-likeness (QED) is 0.765. The largest absolute Gasteiger partial charge is 0.389 e. The lowest BCUT2D eigenvalue weighted by Crippen LogP contribution is -2.38. The number of nitrogens with zero attached hydrogens (tertiary/aromatic N) is 1. The van der Waals surface area contributed by atoms with Crippen molar-refractivity contribution in [3.8, 4) is 0 Å². The number of hydrogen-bond donors (Lipinski definition) is 2. The summed E-state index contributed by atoms with van der Waals surface area (Å²) in [6.45, 7) is 2.60. The van der Waals surface area contributed by atoms with E-state index in [4.69, 9.17) is 18.0 Å². The second kappa shape index (κ2) is 7.59. The minimum atomic E-state index is -0.241. The summed E-state index contributed by atoms with van der Waals surface area (Å²) >= 11 is 4.88. The van der Waals surface area contributed by atoms with E-state index in [1.165, 1.54) is 4.90 Å². The maximum Gasteiger partial charge on any atom is 0.254 e. The topological polar surface area (TPSA) is 75.4 Å². The van der Waals surface area contributed by atoms with Crippen molar-refractivity contribution >= 4 is 29.0 Å². The molecule has 0 radical (unpaired) electrons. The molecule has 0 saturated carbocycles. The molecule has 20 heavy (non-hydrogen) atoms. The van der Waals surface area contributed by atoms with E-state index in [2.05, 4.69) is 5.32 Å². The highest BCUT2D eigenvalue weighted by molar-refractivity contribution is 7.80. The second-order valence-corrected chi connectivity index (χ2v) is 4.90. The van der Waals surface area contributed by atoms with Crippen LogP contribution < -0.4 is 11.1 Å². The fourth-order valence-corrected chi connectivity index (χ4v) is 1.76. The third-order valence-electron chi connectivity index (χ3n) is 2.69. The maximum absolute atomic E-state index is 12.2. The molecule has 0 aliphatic carbocycles. The Hall–Kier alpha value is -1.95. The number of carbonyl (C=O) groups is 2. The lowest BCUT2D eigenvalue weighted by Gasteiger charge is -2.17. The van der Waals surface area contributed by atoms with Gasteiger partial charge in [0.2, 0.25) is 5.91 Å². The van der Waals surface area contributed by atoms with Gasteiger partial charge in [-0.25, -0.2) is 0 Å². The molecule has 108 valence electrons. The fourth-order valence-electron chi connectivity index (χ4n) is 1.63. The van der Waals surface area contributed by atoms with Crippen LogP contribution in [0.4, 0.5) is 0 Å². The fraction of sp³-hybridized carbons (Fsp3) is 0.357. The number of carbonyl (C=O) groups excluding carboxylic acids is 2. The molecule has 0 aliphatic rings. The molecule has 5 nitrogen and oxygen atoms in total. The van der Waals surface area contributed by atoms with Gasteiger partial charge in [-0.05, 0) is 18.6 Å². The van der Waals surface area contributed by atoms with E-state index in [1.807, 2.05) is 6.92 Å². The molecule has 0 atom stereocenters. The molecule has 0 saturated heterocycles. The molecule has 6 heteroatoms. The monoisotopic (exact) mass is 293 g/mol. The smallest absolute Gasteiger partial charge is 0.254 e. The lowest BCUT2D eigenvalue weighted by molar-refractivity contribution is -0.121. The van der Waals surface area contributed by atoms with Crippen LogP contribution in [0.5, 0.6) is 0 Å². The van der Waals surface area contributed by atoms with E-state index in [9.17, 15) is 9.59 Å². The van der Waals surface area contributed by atoms with Crippen molar-refractivity contribution in [2.45, 2.75) is 13.3 Å². The Labute approximate surface area is 124 Å². The Morgan fingerprint density at radius 2 is 2.00 bits per heavy atom. The molecule has 0 bridgehead atoms. The van der Waals surface area contributed by atoms with E-state index in [0.717, 1.165) is 6.42 Å². The van der Waals surface area contributed by atoms with Crippen molar-refractivity contribution in [3.63, 3.8) is 0 Å². The molecule has 0 aliphatic heterocycles. The van der Waals surface area contributed by atoms with Crippen LogP contribution in [-0.4, -0.2) is 41.8 Å². The molecule has 2 amide bonds. The highest BCUT2D eigenvalue weighted by Gasteiger charge is 2.15. The SMILES string of the molecule is CCCNC(=O)CN(C)C(=O)c1cccc(C(N)=S)c1. The van der Waals surface area contributed by atoms with E-state index >= 15 is 0 Å². The minimum absolute atomic E-state index is 0.0239. The molecular weight excluding hydrogens is 274 g/mol. The standard InChI is InChI=1S/C14H19N3O2S/c1-3-7-16-12(18)9-17(2)14(19)11-6-4-5-10(8-11)13(15)20/h4-6,8H,3,7,9H2,1-2H3,(H2,15,20)(H,16,18). The summed E-state index contributed by atoms with van der Waals surface area (Å²) in [5, 5.41) is 2.73. The zero-order valence-electron chi connectivity index (χ0n) is 11.7. The van der Waals surface area contributed by atoms with Crippen LogP contribution in [0.1, 0.15) is 29.3 Å². The molecule has 0 unspecified atom stereocenters. The molecule has 0 fully saturated rings.